The largest absolute Gasteiger partial charge is 0.467 e. The fourth-order valence-electron chi connectivity index (χ4n) is 3.12. The summed E-state index contributed by atoms with van der Waals surface area (Å²) in [6, 6.07) is 6.84. The van der Waals surface area contributed by atoms with Crippen molar-refractivity contribution in [2.24, 2.45) is 0 Å². The van der Waals surface area contributed by atoms with Crippen LogP contribution in [0.25, 0.3) is 11.5 Å². The van der Waals surface area contributed by atoms with Crippen LogP contribution in [0.5, 0.6) is 5.75 Å². The lowest BCUT2D eigenvalue weighted by Gasteiger charge is -2.21. The molecule has 0 radical (unpaired) electrons. The Morgan fingerprint density at radius 2 is 2.19 bits per heavy atom. The molecule has 4 rings (SSSR count). The number of rotatable bonds is 6. The Bertz CT molecular complexity index is 903. The molecule has 3 aromatic rings. The second-order valence-corrected chi connectivity index (χ2v) is 6.27. The van der Waals surface area contributed by atoms with E-state index in [0.717, 1.165) is 39.7 Å². The van der Waals surface area contributed by atoms with E-state index in [-0.39, 0.29) is 12.6 Å². The topological polar surface area (TPSA) is 72.3 Å². The smallest absolute Gasteiger partial charge is 0.189 e. The van der Waals surface area contributed by atoms with Crippen molar-refractivity contribution in [3.8, 4) is 17.2 Å². The lowest BCUT2D eigenvalue weighted by atomic mass is 10.1. The van der Waals surface area contributed by atoms with Gasteiger partial charge in [-0.3, -0.25) is 5.10 Å². The van der Waals surface area contributed by atoms with Gasteiger partial charge in [0, 0.05) is 17.7 Å². The second kappa shape index (κ2) is 7.31. The van der Waals surface area contributed by atoms with Gasteiger partial charge in [0.25, 0.3) is 0 Å². The first kappa shape index (κ1) is 16.8. The van der Waals surface area contributed by atoms with Crippen molar-refractivity contribution in [3.05, 3.63) is 58.7 Å². The minimum atomic E-state index is -0.266. The quantitative estimate of drug-likeness (QED) is 0.662. The number of hydrogen-bond acceptors (Lipinski definition) is 5. The van der Waals surface area contributed by atoms with Crippen LogP contribution in [0.2, 0.25) is 0 Å². The number of H-pyrrole nitrogens is 1. The van der Waals surface area contributed by atoms with Gasteiger partial charge in [-0.2, -0.15) is 5.10 Å². The van der Waals surface area contributed by atoms with Gasteiger partial charge in [0.1, 0.15) is 23.0 Å². The summed E-state index contributed by atoms with van der Waals surface area (Å²) in [6.45, 7) is 3.81. The minimum Gasteiger partial charge on any atom is -0.467 e. The molecule has 7 heteroatoms. The van der Waals surface area contributed by atoms with Crippen LogP contribution in [0.15, 0.2) is 34.9 Å². The molecule has 0 saturated carbocycles. The number of benzene rings is 1. The average molecular weight is 357 g/mol. The number of furan rings is 1. The van der Waals surface area contributed by atoms with E-state index in [0.29, 0.717) is 26.1 Å². The van der Waals surface area contributed by atoms with Crippen molar-refractivity contribution in [2.75, 3.05) is 13.3 Å². The lowest BCUT2D eigenvalue weighted by Crippen LogP contribution is -2.19. The van der Waals surface area contributed by atoms with E-state index < -0.39 is 0 Å². The Kier molecular flexibility index (Phi) is 4.73. The van der Waals surface area contributed by atoms with Gasteiger partial charge in [-0.05, 0) is 49.7 Å². The van der Waals surface area contributed by atoms with Gasteiger partial charge >= 0.3 is 0 Å². The van der Waals surface area contributed by atoms with Gasteiger partial charge in [0.2, 0.25) is 0 Å². The molecule has 3 heterocycles. The molecule has 0 atom stereocenters. The number of fused-ring (bicyclic) bond motifs is 1. The molecule has 1 aromatic carbocycles. The van der Waals surface area contributed by atoms with Crippen LogP contribution >= 0.6 is 0 Å². The highest BCUT2D eigenvalue weighted by Gasteiger charge is 2.17. The number of nitrogens with zero attached hydrogens (tertiary/aromatic N) is 1. The third kappa shape index (κ3) is 3.49. The van der Waals surface area contributed by atoms with Crippen LogP contribution in [0, 0.1) is 12.7 Å². The van der Waals surface area contributed by atoms with E-state index in [1.54, 1.807) is 6.20 Å². The first-order chi connectivity index (χ1) is 12.7. The Morgan fingerprint density at radius 1 is 1.27 bits per heavy atom. The van der Waals surface area contributed by atoms with Crippen molar-refractivity contribution in [1.82, 2.24) is 15.5 Å². The maximum Gasteiger partial charge on any atom is 0.189 e. The summed E-state index contributed by atoms with van der Waals surface area (Å²) in [4.78, 5) is 0. The van der Waals surface area contributed by atoms with E-state index in [4.69, 9.17) is 13.9 Å². The van der Waals surface area contributed by atoms with Crippen molar-refractivity contribution in [3.63, 3.8) is 0 Å². The molecule has 26 heavy (non-hydrogen) atoms. The molecule has 0 unspecified atom stereocenters. The summed E-state index contributed by atoms with van der Waals surface area (Å²) in [5.74, 6) is 2.10. The Morgan fingerprint density at radius 3 is 3.04 bits per heavy atom. The predicted octanol–water partition coefficient (Wildman–Crippen LogP) is 3.32. The fourth-order valence-corrected chi connectivity index (χ4v) is 3.12. The molecular weight excluding hydrogens is 337 g/mol. The molecule has 1 aliphatic heterocycles. The zero-order chi connectivity index (χ0) is 17.9. The van der Waals surface area contributed by atoms with Gasteiger partial charge in [-0.15, -0.1) is 0 Å². The number of aromatic amines is 1. The normalized spacial score (nSPS) is 13.5. The van der Waals surface area contributed by atoms with Crippen molar-refractivity contribution in [1.29, 1.82) is 0 Å². The molecule has 0 bridgehead atoms. The minimum absolute atomic E-state index is 0.208. The second-order valence-electron chi connectivity index (χ2n) is 6.27. The van der Waals surface area contributed by atoms with Crippen molar-refractivity contribution >= 4 is 0 Å². The molecule has 136 valence electrons. The summed E-state index contributed by atoms with van der Waals surface area (Å²) < 4.78 is 30.2. The van der Waals surface area contributed by atoms with Gasteiger partial charge in [-0.1, -0.05) is 0 Å². The van der Waals surface area contributed by atoms with Crippen LogP contribution in [-0.2, 0) is 24.3 Å². The lowest BCUT2D eigenvalue weighted by molar-refractivity contribution is -0.0172. The van der Waals surface area contributed by atoms with E-state index >= 15 is 0 Å². The highest BCUT2D eigenvalue weighted by Crippen LogP contribution is 2.29. The van der Waals surface area contributed by atoms with E-state index in [9.17, 15) is 4.39 Å². The van der Waals surface area contributed by atoms with Crippen LogP contribution in [-0.4, -0.2) is 23.5 Å². The summed E-state index contributed by atoms with van der Waals surface area (Å²) >= 11 is 0. The maximum absolute atomic E-state index is 13.8. The summed E-state index contributed by atoms with van der Waals surface area (Å²) in [6.07, 6.45) is 2.44. The predicted molar refractivity (Wildman–Crippen MR) is 93.1 cm³/mol. The molecule has 0 saturated heterocycles. The molecule has 0 aliphatic carbocycles. The molecule has 0 amide bonds. The van der Waals surface area contributed by atoms with Gasteiger partial charge in [0.15, 0.2) is 12.6 Å². The number of hydrogen-bond donors (Lipinski definition) is 2. The van der Waals surface area contributed by atoms with E-state index in [1.165, 1.54) is 12.1 Å². The van der Waals surface area contributed by atoms with E-state index in [1.807, 2.05) is 19.1 Å². The zero-order valence-electron chi connectivity index (χ0n) is 14.5. The van der Waals surface area contributed by atoms with Crippen LogP contribution in [0.4, 0.5) is 4.39 Å². The fraction of sp³-hybridized carbons (Fsp3) is 0.316. The van der Waals surface area contributed by atoms with Crippen LogP contribution in [0.1, 0.15) is 22.5 Å². The molecule has 1 aliphatic rings. The number of aromatic nitrogens is 2. The molecule has 2 aromatic heterocycles. The van der Waals surface area contributed by atoms with Crippen LogP contribution in [0.3, 0.4) is 0 Å². The number of halogens is 1. The Hall–Kier alpha value is -2.64. The molecule has 0 fully saturated rings. The molecule has 2 N–H and O–H groups in total. The third-order valence-corrected chi connectivity index (χ3v) is 4.34. The summed E-state index contributed by atoms with van der Waals surface area (Å²) in [7, 11) is 0. The maximum atomic E-state index is 13.8. The number of aryl methyl sites for hydroxylation is 1. The SMILES string of the molecule is Cc1ccc(-c2[nH]ncc2CNCCc2cc(F)cc3c2OCOC3)o1. The Labute approximate surface area is 150 Å². The highest BCUT2D eigenvalue weighted by molar-refractivity contribution is 5.56. The first-order valence-electron chi connectivity index (χ1n) is 8.52. The van der Waals surface area contributed by atoms with Crippen molar-refractivity contribution in [2.45, 2.75) is 26.5 Å². The zero-order valence-corrected chi connectivity index (χ0v) is 14.5. The average Bonchev–Trinajstić information content (AvgIpc) is 3.27. The Balaban J connectivity index is 1.38. The van der Waals surface area contributed by atoms with Gasteiger partial charge in [0.05, 0.1) is 12.8 Å². The number of ether oxygens (including phenoxy) is 2. The molecular formula is C19H20FN3O3. The molecule has 6 nitrogen and oxygen atoms in total. The van der Waals surface area contributed by atoms with E-state index in [2.05, 4.69) is 15.5 Å². The molecule has 0 spiro atoms. The first-order valence-corrected chi connectivity index (χ1v) is 8.52. The monoisotopic (exact) mass is 357 g/mol. The standard InChI is InChI=1S/C19H20FN3O3/c1-12-2-3-17(26-12)18-15(9-22-23-18)8-21-5-4-13-6-16(20)7-14-10-24-11-25-19(13)14/h2-3,6-7,9,21H,4-5,8,10-11H2,1H3,(H,22,23). The third-order valence-electron chi connectivity index (χ3n) is 4.34. The summed E-state index contributed by atoms with van der Waals surface area (Å²) in [5, 5.41) is 10.4. The van der Waals surface area contributed by atoms with Gasteiger partial charge < -0.3 is 19.2 Å². The van der Waals surface area contributed by atoms with Crippen LogP contribution < -0.4 is 10.1 Å². The summed E-state index contributed by atoms with van der Waals surface area (Å²) in [5.41, 5.74) is 3.50. The van der Waals surface area contributed by atoms with Gasteiger partial charge in [-0.25, -0.2) is 4.39 Å². The highest BCUT2D eigenvalue weighted by atomic mass is 19.1. The van der Waals surface area contributed by atoms with Crippen molar-refractivity contribution < 1.29 is 18.3 Å². The number of nitrogens with one attached hydrogen (secondary N) is 2.